The van der Waals surface area contributed by atoms with Gasteiger partial charge in [-0.3, -0.25) is 0 Å². The normalized spacial score (nSPS) is 11.0. The lowest BCUT2D eigenvalue weighted by atomic mass is 10.1. The van der Waals surface area contributed by atoms with Crippen LogP contribution in [0, 0.1) is 6.92 Å². The van der Waals surface area contributed by atoms with Gasteiger partial charge in [0.05, 0.1) is 16.9 Å². The molecule has 152 valence electrons. The number of nitrogens with one attached hydrogen (secondary N) is 2. The first-order chi connectivity index (χ1) is 15.1. The molecular weight excluding hydrogens is 392 g/mol. The molecule has 2 amide bonds. The monoisotopic (exact) mass is 410 g/mol. The first kappa shape index (κ1) is 18.6. The lowest BCUT2D eigenvalue weighted by Gasteiger charge is -2.09. The molecular formula is C24H18N4O3. The lowest BCUT2D eigenvalue weighted by Crippen LogP contribution is -2.19. The number of nitrogens with zero attached hydrogens (tertiary/aromatic N) is 2. The molecule has 2 aromatic heterocycles. The molecule has 0 saturated carbocycles. The molecule has 0 unspecified atom stereocenters. The van der Waals surface area contributed by atoms with E-state index in [-0.39, 0.29) is 6.03 Å². The summed E-state index contributed by atoms with van der Waals surface area (Å²) >= 11 is 0. The standard InChI is InChI=1S/C24H18N4O3/c1-15-21-22(28(27-15)18-10-6-3-7-11-18)19-14-17(12-13-20(19)31-23(21)29)26-24(30)25-16-8-4-2-5-9-16/h2-14H,1H3,(H2,25,26,30). The number of anilines is 2. The molecule has 0 saturated heterocycles. The molecule has 2 heterocycles. The highest BCUT2D eigenvalue weighted by Gasteiger charge is 2.18. The molecule has 0 bridgehead atoms. The van der Waals surface area contributed by atoms with Crippen LogP contribution < -0.4 is 16.3 Å². The van der Waals surface area contributed by atoms with Crippen LogP contribution >= 0.6 is 0 Å². The number of fused-ring (bicyclic) bond motifs is 3. The molecule has 0 spiro atoms. The van der Waals surface area contributed by atoms with Gasteiger partial charge in [0.15, 0.2) is 0 Å². The Kier molecular flexibility index (Phi) is 4.48. The van der Waals surface area contributed by atoms with Crippen molar-refractivity contribution in [2.75, 3.05) is 10.6 Å². The Labute approximate surface area is 176 Å². The molecule has 31 heavy (non-hydrogen) atoms. The summed E-state index contributed by atoms with van der Waals surface area (Å²) in [5.74, 6) is 0. The Hall–Kier alpha value is -4.39. The SMILES string of the molecule is Cc1nn(-c2ccccc2)c2c1c(=O)oc1ccc(NC(=O)Nc3ccccc3)cc12. The van der Waals surface area contributed by atoms with Crippen molar-refractivity contribution in [3.63, 3.8) is 0 Å². The summed E-state index contributed by atoms with van der Waals surface area (Å²) in [6, 6.07) is 23.5. The second kappa shape index (κ2) is 7.46. The molecule has 0 aliphatic rings. The maximum Gasteiger partial charge on any atom is 0.347 e. The third-order valence-electron chi connectivity index (χ3n) is 4.99. The number of amides is 2. The van der Waals surface area contributed by atoms with Crippen LogP contribution in [0.4, 0.5) is 16.2 Å². The van der Waals surface area contributed by atoms with Gasteiger partial charge in [0, 0.05) is 16.8 Å². The van der Waals surface area contributed by atoms with Gasteiger partial charge in [-0.1, -0.05) is 36.4 Å². The minimum absolute atomic E-state index is 0.369. The number of urea groups is 1. The molecule has 3 aromatic carbocycles. The maximum atomic E-state index is 12.6. The number of aryl methyl sites for hydroxylation is 1. The zero-order valence-electron chi connectivity index (χ0n) is 16.6. The third-order valence-corrected chi connectivity index (χ3v) is 4.99. The highest BCUT2D eigenvalue weighted by molar-refractivity contribution is 6.07. The number of carbonyl (C=O) groups excluding carboxylic acids is 1. The van der Waals surface area contributed by atoms with Gasteiger partial charge in [0.2, 0.25) is 0 Å². The third kappa shape index (κ3) is 3.42. The van der Waals surface area contributed by atoms with E-state index in [4.69, 9.17) is 4.42 Å². The van der Waals surface area contributed by atoms with Gasteiger partial charge in [-0.2, -0.15) is 5.10 Å². The highest BCUT2D eigenvalue weighted by Crippen LogP contribution is 2.29. The van der Waals surface area contributed by atoms with Crippen LogP contribution in [0.15, 0.2) is 88.1 Å². The molecule has 7 nitrogen and oxygen atoms in total. The summed E-state index contributed by atoms with van der Waals surface area (Å²) in [5.41, 5.74) is 3.28. The molecule has 7 heteroatoms. The van der Waals surface area contributed by atoms with Crippen molar-refractivity contribution in [3.05, 3.63) is 95.0 Å². The second-order valence-corrected chi connectivity index (χ2v) is 7.10. The molecule has 5 rings (SSSR count). The number of carbonyl (C=O) groups is 1. The molecule has 2 N–H and O–H groups in total. The molecule has 0 radical (unpaired) electrons. The Balaban J connectivity index is 1.62. The minimum atomic E-state index is -0.440. The van der Waals surface area contributed by atoms with E-state index in [1.165, 1.54) is 0 Å². The van der Waals surface area contributed by atoms with Crippen molar-refractivity contribution in [1.82, 2.24) is 9.78 Å². The topological polar surface area (TPSA) is 89.2 Å². The average molecular weight is 410 g/mol. The Morgan fingerprint density at radius 3 is 2.32 bits per heavy atom. The van der Waals surface area contributed by atoms with Gasteiger partial charge in [-0.15, -0.1) is 0 Å². The fraction of sp³-hybridized carbons (Fsp3) is 0.0417. The number of hydrogen-bond acceptors (Lipinski definition) is 4. The lowest BCUT2D eigenvalue weighted by molar-refractivity contribution is 0.262. The summed E-state index contributed by atoms with van der Waals surface area (Å²) in [4.78, 5) is 25.0. The van der Waals surface area contributed by atoms with E-state index in [2.05, 4.69) is 15.7 Å². The van der Waals surface area contributed by atoms with E-state index in [0.717, 1.165) is 5.69 Å². The van der Waals surface area contributed by atoms with Crippen LogP contribution in [0.5, 0.6) is 0 Å². The summed E-state index contributed by atoms with van der Waals surface area (Å²) in [5, 5.41) is 11.3. The first-order valence-electron chi connectivity index (χ1n) is 9.75. The largest absolute Gasteiger partial charge is 0.422 e. The average Bonchev–Trinajstić information content (AvgIpc) is 3.14. The molecule has 0 aliphatic heterocycles. The van der Waals surface area contributed by atoms with Crippen molar-refractivity contribution in [3.8, 4) is 5.69 Å². The van der Waals surface area contributed by atoms with Crippen LogP contribution in [0.1, 0.15) is 5.69 Å². The van der Waals surface area contributed by atoms with Gasteiger partial charge >= 0.3 is 11.7 Å². The van der Waals surface area contributed by atoms with Crippen LogP contribution in [-0.2, 0) is 0 Å². The van der Waals surface area contributed by atoms with Crippen molar-refractivity contribution >= 4 is 39.3 Å². The zero-order valence-corrected chi connectivity index (χ0v) is 16.6. The van der Waals surface area contributed by atoms with Crippen molar-refractivity contribution in [1.29, 1.82) is 0 Å². The summed E-state index contributed by atoms with van der Waals surface area (Å²) in [6.45, 7) is 1.78. The number of hydrogen-bond donors (Lipinski definition) is 2. The summed E-state index contributed by atoms with van der Waals surface area (Å²) in [7, 11) is 0. The van der Waals surface area contributed by atoms with Gasteiger partial charge in [-0.05, 0) is 49.4 Å². The van der Waals surface area contributed by atoms with E-state index in [1.54, 1.807) is 41.9 Å². The quantitative estimate of drug-likeness (QED) is 0.406. The van der Waals surface area contributed by atoms with Crippen LogP contribution in [0.25, 0.3) is 27.6 Å². The summed E-state index contributed by atoms with van der Waals surface area (Å²) in [6.07, 6.45) is 0. The Morgan fingerprint density at radius 1 is 0.903 bits per heavy atom. The fourth-order valence-corrected chi connectivity index (χ4v) is 3.62. The smallest absolute Gasteiger partial charge is 0.347 e. The number of rotatable bonds is 3. The minimum Gasteiger partial charge on any atom is -0.422 e. The van der Waals surface area contributed by atoms with E-state index in [9.17, 15) is 9.59 Å². The van der Waals surface area contributed by atoms with E-state index in [0.29, 0.717) is 38.9 Å². The predicted molar refractivity (Wildman–Crippen MR) is 121 cm³/mol. The van der Waals surface area contributed by atoms with E-state index in [1.807, 2.05) is 48.5 Å². The highest BCUT2D eigenvalue weighted by atomic mass is 16.4. The van der Waals surface area contributed by atoms with Crippen molar-refractivity contribution in [2.45, 2.75) is 6.92 Å². The van der Waals surface area contributed by atoms with Crippen LogP contribution in [-0.4, -0.2) is 15.8 Å². The van der Waals surface area contributed by atoms with Gasteiger partial charge in [-0.25, -0.2) is 14.3 Å². The van der Waals surface area contributed by atoms with E-state index < -0.39 is 5.63 Å². The first-order valence-corrected chi connectivity index (χ1v) is 9.75. The summed E-state index contributed by atoms with van der Waals surface area (Å²) < 4.78 is 7.26. The Bertz CT molecular complexity index is 1470. The van der Waals surface area contributed by atoms with Crippen LogP contribution in [0.2, 0.25) is 0 Å². The molecule has 5 aromatic rings. The van der Waals surface area contributed by atoms with Gasteiger partial charge in [0.25, 0.3) is 0 Å². The van der Waals surface area contributed by atoms with Crippen LogP contribution in [0.3, 0.4) is 0 Å². The van der Waals surface area contributed by atoms with Gasteiger partial charge in [0.1, 0.15) is 11.0 Å². The second-order valence-electron chi connectivity index (χ2n) is 7.10. The Morgan fingerprint density at radius 2 is 1.58 bits per heavy atom. The number of para-hydroxylation sites is 2. The van der Waals surface area contributed by atoms with Gasteiger partial charge < -0.3 is 15.1 Å². The van der Waals surface area contributed by atoms with Crippen molar-refractivity contribution < 1.29 is 9.21 Å². The molecule has 0 atom stereocenters. The fourth-order valence-electron chi connectivity index (χ4n) is 3.62. The van der Waals surface area contributed by atoms with E-state index >= 15 is 0 Å². The molecule has 0 fully saturated rings. The zero-order chi connectivity index (χ0) is 21.4. The number of aromatic nitrogens is 2. The number of benzene rings is 3. The molecule has 0 aliphatic carbocycles. The van der Waals surface area contributed by atoms with Crippen molar-refractivity contribution in [2.24, 2.45) is 0 Å². The predicted octanol–water partition coefficient (Wildman–Crippen LogP) is 5.08. The maximum absolute atomic E-state index is 12.6.